The number of nitrogens with one attached hydrogen (secondary N) is 1. The van der Waals surface area contributed by atoms with E-state index in [4.69, 9.17) is 5.11 Å². The number of aliphatic hydroxyl groups excluding tert-OH is 1. The fourth-order valence-corrected chi connectivity index (χ4v) is 1.36. The monoisotopic (exact) mass is 197 g/mol. The van der Waals surface area contributed by atoms with Gasteiger partial charge in [0.15, 0.2) is 0 Å². The van der Waals surface area contributed by atoms with Gasteiger partial charge in [0.2, 0.25) is 5.91 Å². The lowest BCUT2D eigenvalue weighted by Gasteiger charge is -2.22. The first-order valence-corrected chi connectivity index (χ1v) is 5.09. The SMILES string of the molecule is CC(C)(CO)CNC(=O)C1CC=CC1. The van der Waals surface area contributed by atoms with E-state index >= 15 is 0 Å². The Bertz CT molecular complexity index is 225. The summed E-state index contributed by atoms with van der Waals surface area (Å²) in [4.78, 5) is 11.6. The quantitative estimate of drug-likeness (QED) is 0.663. The van der Waals surface area contributed by atoms with Gasteiger partial charge in [-0.15, -0.1) is 0 Å². The summed E-state index contributed by atoms with van der Waals surface area (Å²) in [5.41, 5.74) is -0.221. The van der Waals surface area contributed by atoms with Gasteiger partial charge in [-0.25, -0.2) is 0 Å². The molecule has 0 aliphatic heterocycles. The van der Waals surface area contributed by atoms with Gasteiger partial charge in [-0.2, -0.15) is 0 Å². The molecule has 3 heteroatoms. The lowest BCUT2D eigenvalue weighted by molar-refractivity contribution is -0.125. The molecular formula is C11H19NO2. The van der Waals surface area contributed by atoms with Gasteiger partial charge in [0.05, 0.1) is 0 Å². The average molecular weight is 197 g/mol. The molecule has 0 bridgehead atoms. The van der Waals surface area contributed by atoms with Crippen LogP contribution in [-0.2, 0) is 4.79 Å². The molecule has 0 unspecified atom stereocenters. The smallest absolute Gasteiger partial charge is 0.223 e. The van der Waals surface area contributed by atoms with Crippen LogP contribution < -0.4 is 5.32 Å². The summed E-state index contributed by atoms with van der Waals surface area (Å²) in [5.74, 6) is 0.223. The number of allylic oxidation sites excluding steroid dienone is 2. The Balaban J connectivity index is 2.27. The summed E-state index contributed by atoms with van der Waals surface area (Å²) in [7, 11) is 0. The Morgan fingerprint density at radius 3 is 2.57 bits per heavy atom. The maximum atomic E-state index is 11.6. The molecule has 0 aromatic carbocycles. The highest BCUT2D eigenvalue weighted by Gasteiger charge is 2.22. The van der Waals surface area contributed by atoms with Gasteiger partial charge in [0.25, 0.3) is 0 Å². The summed E-state index contributed by atoms with van der Waals surface area (Å²) in [6.45, 7) is 4.50. The predicted molar refractivity (Wildman–Crippen MR) is 55.7 cm³/mol. The normalized spacial score (nSPS) is 17.4. The molecule has 14 heavy (non-hydrogen) atoms. The van der Waals surface area contributed by atoms with E-state index in [2.05, 4.69) is 5.32 Å². The average Bonchev–Trinajstić information content (AvgIpc) is 2.67. The molecule has 0 spiro atoms. The van der Waals surface area contributed by atoms with Crippen LogP contribution >= 0.6 is 0 Å². The van der Waals surface area contributed by atoms with Gasteiger partial charge in [-0.3, -0.25) is 4.79 Å². The van der Waals surface area contributed by atoms with Crippen molar-refractivity contribution >= 4 is 5.91 Å². The molecule has 0 atom stereocenters. The second-order valence-corrected chi connectivity index (χ2v) is 4.68. The Labute approximate surface area is 85.2 Å². The van der Waals surface area contributed by atoms with Crippen LogP contribution in [0.25, 0.3) is 0 Å². The van der Waals surface area contributed by atoms with Crippen molar-refractivity contribution in [3.8, 4) is 0 Å². The third kappa shape index (κ3) is 3.14. The first kappa shape index (κ1) is 11.2. The van der Waals surface area contributed by atoms with Gasteiger partial charge in [0, 0.05) is 24.5 Å². The molecule has 0 radical (unpaired) electrons. The summed E-state index contributed by atoms with van der Waals surface area (Å²) in [6.07, 6.45) is 5.79. The van der Waals surface area contributed by atoms with E-state index in [1.165, 1.54) is 0 Å². The Hall–Kier alpha value is -0.830. The molecule has 0 fully saturated rings. The summed E-state index contributed by atoms with van der Waals surface area (Å²) in [5, 5.41) is 11.9. The minimum atomic E-state index is -0.221. The molecule has 0 aromatic rings. The first-order chi connectivity index (χ1) is 6.55. The second kappa shape index (κ2) is 4.60. The molecular weight excluding hydrogens is 178 g/mol. The van der Waals surface area contributed by atoms with Crippen molar-refractivity contribution in [3.05, 3.63) is 12.2 Å². The molecule has 2 N–H and O–H groups in total. The zero-order valence-corrected chi connectivity index (χ0v) is 8.92. The van der Waals surface area contributed by atoms with Crippen LogP contribution in [0, 0.1) is 11.3 Å². The Morgan fingerprint density at radius 2 is 2.07 bits per heavy atom. The van der Waals surface area contributed by atoms with E-state index < -0.39 is 0 Å². The van der Waals surface area contributed by atoms with Crippen molar-refractivity contribution in [3.63, 3.8) is 0 Å². The number of carbonyl (C=O) groups is 1. The highest BCUT2D eigenvalue weighted by molar-refractivity contribution is 5.79. The third-order valence-electron chi connectivity index (χ3n) is 2.55. The maximum Gasteiger partial charge on any atom is 0.223 e. The van der Waals surface area contributed by atoms with Crippen LogP contribution in [0.3, 0.4) is 0 Å². The molecule has 0 saturated carbocycles. The van der Waals surface area contributed by atoms with Crippen LogP contribution in [0.1, 0.15) is 26.7 Å². The lowest BCUT2D eigenvalue weighted by Crippen LogP contribution is -2.38. The van der Waals surface area contributed by atoms with E-state index in [-0.39, 0.29) is 23.8 Å². The highest BCUT2D eigenvalue weighted by atomic mass is 16.3. The zero-order valence-electron chi connectivity index (χ0n) is 8.92. The van der Waals surface area contributed by atoms with Crippen LogP contribution in [0.5, 0.6) is 0 Å². The van der Waals surface area contributed by atoms with Crippen molar-refractivity contribution < 1.29 is 9.90 Å². The summed E-state index contributed by atoms with van der Waals surface area (Å²) < 4.78 is 0. The first-order valence-electron chi connectivity index (χ1n) is 5.09. The number of amides is 1. The summed E-state index contributed by atoms with van der Waals surface area (Å²) in [6, 6.07) is 0. The topological polar surface area (TPSA) is 49.3 Å². The zero-order chi connectivity index (χ0) is 10.6. The number of aliphatic hydroxyl groups is 1. The highest BCUT2D eigenvalue weighted by Crippen LogP contribution is 2.18. The van der Waals surface area contributed by atoms with Gasteiger partial charge in [-0.05, 0) is 12.8 Å². The van der Waals surface area contributed by atoms with Gasteiger partial charge in [-0.1, -0.05) is 26.0 Å². The Kier molecular flexibility index (Phi) is 3.69. The molecule has 0 aromatic heterocycles. The van der Waals surface area contributed by atoms with Crippen LogP contribution in [-0.4, -0.2) is 24.2 Å². The van der Waals surface area contributed by atoms with Crippen molar-refractivity contribution in [1.82, 2.24) is 5.32 Å². The molecule has 0 saturated heterocycles. The van der Waals surface area contributed by atoms with Gasteiger partial charge >= 0.3 is 0 Å². The fourth-order valence-electron chi connectivity index (χ4n) is 1.36. The van der Waals surface area contributed by atoms with E-state index in [1.54, 1.807) is 0 Å². The van der Waals surface area contributed by atoms with Crippen LogP contribution in [0.15, 0.2) is 12.2 Å². The Morgan fingerprint density at radius 1 is 1.50 bits per heavy atom. The molecule has 1 rings (SSSR count). The van der Waals surface area contributed by atoms with E-state index in [0.29, 0.717) is 6.54 Å². The maximum absolute atomic E-state index is 11.6. The molecule has 1 amide bonds. The fraction of sp³-hybridized carbons (Fsp3) is 0.727. The van der Waals surface area contributed by atoms with Gasteiger partial charge in [0.1, 0.15) is 0 Å². The van der Waals surface area contributed by atoms with Crippen molar-refractivity contribution in [2.24, 2.45) is 11.3 Å². The van der Waals surface area contributed by atoms with E-state index in [9.17, 15) is 4.79 Å². The third-order valence-corrected chi connectivity index (χ3v) is 2.55. The van der Waals surface area contributed by atoms with Crippen molar-refractivity contribution in [2.45, 2.75) is 26.7 Å². The minimum Gasteiger partial charge on any atom is -0.396 e. The summed E-state index contributed by atoms with van der Waals surface area (Å²) >= 11 is 0. The number of rotatable bonds is 4. The van der Waals surface area contributed by atoms with E-state index in [1.807, 2.05) is 26.0 Å². The van der Waals surface area contributed by atoms with Crippen LogP contribution in [0.4, 0.5) is 0 Å². The standard InChI is InChI=1S/C11H19NO2/c1-11(2,8-13)7-12-10(14)9-5-3-4-6-9/h3-4,9,13H,5-8H2,1-2H3,(H,12,14). The van der Waals surface area contributed by atoms with E-state index in [0.717, 1.165) is 12.8 Å². The molecule has 3 nitrogen and oxygen atoms in total. The van der Waals surface area contributed by atoms with Crippen molar-refractivity contribution in [2.75, 3.05) is 13.2 Å². The number of carbonyl (C=O) groups excluding carboxylic acids is 1. The second-order valence-electron chi connectivity index (χ2n) is 4.68. The van der Waals surface area contributed by atoms with Crippen LogP contribution in [0.2, 0.25) is 0 Å². The molecule has 0 heterocycles. The predicted octanol–water partition coefficient (Wildman–Crippen LogP) is 1.09. The number of hydrogen-bond acceptors (Lipinski definition) is 2. The lowest BCUT2D eigenvalue weighted by atomic mass is 9.94. The minimum absolute atomic E-state index is 0.0934. The van der Waals surface area contributed by atoms with Gasteiger partial charge < -0.3 is 10.4 Å². The largest absolute Gasteiger partial charge is 0.396 e. The number of hydrogen-bond donors (Lipinski definition) is 2. The molecule has 80 valence electrons. The molecule has 1 aliphatic carbocycles. The molecule has 1 aliphatic rings. The van der Waals surface area contributed by atoms with Crippen molar-refractivity contribution in [1.29, 1.82) is 0 Å².